The molecule has 2 amide bonds. The van der Waals surface area contributed by atoms with Gasteiger partial charge >= 0.3 is 6.18 Å². The van der Waals surface area contributed by atoms with E-state index in [-0.39, 0.29) is 31.1 Å². The highest BCUT2D eigenvalue weighted by Crippen LogP contribution is 2.29. The molecule has 0 radical (unpaired) electrons. The van der Waals surface area contributed by atoms with Gasteiger partial charge in [0.25, 0.3) is 11.8 Å². The Morgan fingerprint density at radius 3 is 2.34 bits per heavy atom. The Balaban J connectivity index is 1.49. The molecule has 1 aliphatic rings. The number of furan rings is 1. The monoisotopic (exact) mass is 486 g/mol. The summed E-state index contributed by atoms with van der Waals surface area (Å²) in [6.45, 7) is 3.21. The second kappa shape index (κ2) is 10.4. The minimum absolute atomic E-state index is 0.110. The number of hydrogen-bond acceptors (Lipinski definition) is 4. The van der Waals surface area contributed by atoms with Crippen LogP contribution in [0.4, 0.5) is 13.2 Å². The van der Waals surface area contributed by atoms with Crippen LogP contribution in [0.2, 0.25) is 0 Å². The van der Waals surface area contributed by atoms with Gasteiger partial charge in [0.2, 0.25) is 0 Å². The van der Waals surface area contributed by atoms with Gasteiger partial charge in [-0.3, -0.25) is 9.59 Å². The first-order valence-corrected chi connectivity index (χ1v) is 11.2. The lowest BCUT2D eigenvalue weighted by atomic mass is 10.1. The van der Waals surface area contributed by atoms with E-state index in [0.717, 1.165) is 29.8 Å². The second-order valence-electron chi connectivity index (χ2n) is 8.45. The topological polar surface area (TPSA) is 63.0 Å². The van der Waals surface area contributed by atoms with Gasteiger partial charge in [0.1, 0.15) is 5.76 Å². The number of benzene rings is 2. The number of rotatable bonds is 6. The molecule has 1 atom stereocenters. The molecule has 3 aromatic rings. The summed E-state index contributed by atoms with van der Waals surface area (Å²) in [5, 5.41) is 0. The lowest BCUT2D eigenvalue weighted by molar-refractivity contribution is -0.137. The summed E-state index contributed by atoms with van der Waals surface area (Å²) in [7, 11) is 0. The van der Waals surface area contributed by atoms with E-state index in [4.69, 9.17) is 9.15 Å². The van der Waals surface area contributed by atoms with Gasteiger partial charge in [0.05, 0.1) is 31.1 Å². The molecule has 0 aliphatic carbocycles. The summed E-state index contributed by atoms with van der Waals surface area (Å²) in [6.07, 6.45) is -3.47. The number of carbonyl (C=O) groups is 2. The molecule has 6 nitrogen and oxygen atoms in total. The van der Waals surface area contributed by atoms with Crippen molar-refractivity contribution in [2.24, 2.45) is 0 Å². The number of amides is 2. The molecule has 0 N–H and O–H groups in total. The van der Waals surface area contributed by atoms with Gasteiger partial charge in [-0.15, -0.1) is 0 Å². The highest BCUT2D eigenvalue weighted by atomic mass is 19.4. The number of carbonyl (C=O) groups excluding carboxylic acids is 2. The highest BCUT2D eigenvalue weighted by Gasteiger charge is 2.32. The van der Waals surface area contributed by atoms with Crippen molar-refractivity contribution < 1.29 is 31.9 Å². The molecular formula is C26H25F3N2O4. The van der Waals surface area contributed by atoms with Gasteiger partial charge in [-0.25, -0.2) is 0 Å². The molecule has 1 saturated heterocycles. The standard InChI is InChI=1S/C26H25F3N2O4/c1-18-4-6-19(7-5-18)24(32)30-12-14-35-23(16-30)17-31(15-22-3-2-13-34-22)25(33)20-8-10-21(11-9-20)26(27,28)29/h2-11,13,23H,12,14-17H2,1H3/t23-/m0/s1. The van der Waals surface area contributed by atoms with E-state index < -0.39 is 23.8 Å². The zero-order valence-corrected chi connectivity index (χ0v) is 19.1. The molecule has 184 valence electrons. The number of aryl methyl sites for hydroxylation is 1. The number of alkyl halides is 3. The number of hydrogen-bond donors (Lipinski definition) is 0. The summed E-state index contributed by atoms with van der Waals surface area (Å²) in [6, 6.07) is 14.8. The van der Waals surface area contributed by atoms with Crippen molar-refractivity contribution in [3.8, 4) is 0 Å². The SMILES string of the molecule is Cc1ccc(C(=O)N2CCO[C@H](CN(Cc3ccco3)C(=O)c3ccc(C(F)(F)F)cc3)C2)cc1. The molecule has 0 bridgehead atoms. The minimum atomic E-state index is -4.49. The minimum Gasteiger partial charge on any atom is -0.467 e. The van der Waals surface area contributed by atoms with Crippen LogP contribution in [0, 0.1) is 6.92 Å². The van der Waals surface area contributed by atoms with Gasteiger partial charge in [-0.2, -0.15) is 13.2 Å². The normalized spacial score (nSPS) is 16.2. The molecule has 9 heteroatoms. The average Bonchev–Trinajstić information content (AvgIpc) is 3.36. The van der Waals surface area contributed by atoms with Gasteiger partial charge < -0.3 is 19.0 Å². The van der Waals surface area contributed by atoms with Gasteiger partial charge in [-0.05, 0) is 55.5 Å². The number of morpholine rings is 1. The van der Waals surface area contributed by atoms with Gasteiger partial charge in [0.15, 0.2) is 0 Å². The van der Waals surface area contributed by atoms with Crippen LogP contribution >= 0.6 is 0 Å². The first kappa shape index (κ1) is 24.5. The lowest BCUT2D eigenvalue weighted by Gasteiger charge is -2.35. The van der Waals surface area contributed by atoms with Crippen LogP contribution in [-0.4, -0.2) is 54.0 Å². The first-order valence-electron chi connectivity index (χ1n) is 11.2. The molecule has 1 aliphatic heterocycles. The van der Waals surface area contributed by atoms with Crippen molar-refractivity contribution in [3.05, 3.63) is 94.9 Å². The molecule has 0 spiro atoms. The van der Waals surface area contributed by atoms with E-state index in [1.165, 1.54) is 11.2 Å². The molecule has 35 heavy (non-hydrogen) atoms. The average molecular weight is 486 g/mol. The van der Waals surface area contributed by atoms with Crippen LogP contribution in [0.1, 0.15) is 37.6 Å². The number of nitrogens with zero attached hydrogens (tertiary/aromatic N) is 2. The predicted molar refractivity (Wildman–Crippen MR) is 122 cm³/mol. The van der Waals surface area contributed by atoms with E-state index in [1.807, 2.05) is 19.1 Å². The Morgan fingerprint density at radius 2 is 1.71 bits per heavy atom. The summed E-state index contributed by atoms with van der Waals surface area (Å²) >= 11 is 0. The van der Waals surface area contributed by atoms with Crippen molar-refractivity contribution in [2.75, 3.05) is 26.2 Å². The Morgan fingerprint density at radius 1 is 1.03 bits per heavy atom. The van der Waals surface area contributed by atoms with Crippen LogP contribution in [0.25, 0.3) is 0 Å². The highest BCUT2D eigenvalue weighted by molar-refractivity contribution is 5.95. The Hall–Kier alpha value is -3.59. The summed E-state index contributed by atoms with van der Waals surface area (Å²) in [5.41, 5.74) is 0.918. The zero-order chi connectivity index (χ0) is 25.0. The van der Waals surface area contributed by atoms with E-state index in [1.54, 1.807) is 29.2 Å². The van der Waals surface area contributed by atoms with Crippen molar-refractivity contribution in [3.63, 3.8) is 0 Å². The zero-order valence-electron chi connectivity index (χ0n) is 19.1. The fourth-order valence-corrected chi connectivity index (χ4v) is 3.93. The Bertz CT molecular complexity index is 1140. The smallest absolute Gasteiger partial charge is 0.416 e. The first-order chi connectivity index (χ1) is 16.7. The van der Waals surface area contributed by atoms with E-state index in [2.05, 4.69) is 0 Å². The maximum Gasteiger partial charge on any atom is 0.416 e. The largest absolute Gasteiger partial charge is 0.467 e. The Labute approximate surface area is 200 Å². The molecule has 0 unspecified atom stereocenters. The molecule has 2 heterocycles. The second-order valence-corrected chi connectivity index (χ2v) is 8.45. The molecular weight excluding hydrogens is 461 g/mol. The molecule has 1 fully saturated rings. The van der Waals surface area contributed by atoms with Crippen LogP contribution in [-0.2, 0) is 17.5 Å². The van der Waals surface area contributed by atoms with Crippen molar-refractivity contribution in [1.29, 1.82) is 0 Å². The lowest BCUT2D eigenvalue weighted by Crippen LogP contribution is -2.50. The van der Waals surface area contributed by atoms with Crippen LogP contribution < -0.4 is 0 Å². The van der Waals surface area contributed by atoms with Crippen LogP contribution in [0.3, 0.4) is 0 Å². The summed E-state index contributed by atoms with van der Waals surface area (Å²) in [5.74, 6) is -0.0562. The quantitative estimate of drug-likeness (QED) is 0.503. The van der Waals surface area contributed by atoms with Crippen LogP contribution in [0.15, 0.2) is 71.3 Å². The fraction of sp³-hybridized carbons (Fsp3) is 0.308. The molecule has 0 saturated carbocycles. The van der Waals surface area contributed by atoms with E-state index >= 15 is 0 Å². The maximum absolute atomic E-state index is 13.2. The summed E-state index contributed by atoms with van der Waals surface area (Å²) < 4.78 is 50.0. The third-order valence-electron chi connectivity index (χ3n) is 5.82. The molecule has 2 aromatic carbocycles. The fourth-order valence-electron chi connectivity index (χ4n) is 3.93. The molecule has 4 rings (SSSR count). The Kier molecular flexibility index (Phi) is 7.25. The van der Waals surface area contributed by atoms with Crippen molar-refractivity contribution >= 4 is 11.8 Å². The van der Waals surface area contributed by atoms with Crippen LogP contribution in [0.5, 0.6) is 0 Å². The van der Waals surface area contributed by atoms with Crippen molar-refractivity contribution in [1.82, 2.24) is 9.80 Å². The predicted octanol–water partition coefficient (Wildman–Crippen LogP) is 4.79. The third kappa shape index (κ3) is 6.10. The molecule has 1 aromatic heterocycles. The van der Waals surface area contributed by atoms with Gasteiger partial charge in [-0.1, -0.05) is 17.7 Å². The van der Waals surface area contributed by atoms with Gasteiger partial charge in [0, 0.05) is 30.8 Å². The van der Waals surface area contributed by atoms with Crippen molar-refractivity contribution in [2.45, 2.75) is 25.7 Å². The van der Waals surface area contributed by atoms with E-state index in [0.29, 0.717) is 24.5 Å². The maximum atomic E-state index is 13.2. The van der Waals surface area contributed by atoms with E-state index in [9.17, 15) is 22.8 Å². The number of halogens is 3. The third-order valence-corrected chi connectivity index (χ3v) is 5.82. The number of ether oxygens (including phenoxy) is 1. The summed E-state index contributed by atoms with van der Waals surface area (Å²) in [4.78, 5) is 29.3.